The van der Waals surface area contributed by atoms with E-state index in [1.807, 2.05) is 0 Å². The third-order valence-corrected chi connectivity index (χ3v) is 2.46. The summed E-state index contributed by atoms with van der Waals surface area (Å²) in [5.74, 6) is -1.02. The standard InChI is InChI=1S/C12H15NO3/c1-8(14)13-10-6-4-9(5-7-10)12(2,3)11(15)16/h4-7H,1-3H3,(H,13,14)(H,15,16). The van der Waals surface area contributed by atoms with Gasteiger partial charge in [0.05, 0.1) is 5.41 Å². The van der Waals surface area contributed by atoms with Crippen LogP contribution >= 0.6 is 0 Å². The fourth-order valence-electron chi connectivity index (χ4n) is 1.30. The molecule has 0 fully saturated rings. The van der Waals surface area contributed by atoms with E-state index in [-0.39, 0.29) is 5.91 Å². The maximum Gasteiger partial charge on any atom is 0.313 e. The van der Waals surface area contributed by atoms with Gasteiger partial charge in [0, 0.05) is 12.6 Å². The Morgan fingerprint density at radius 3 is 2.06 bits per heavy atom. The highest BCUT2D eigenvalue weighted by Gasteiger charge is 2.29. The first kappa shape index (κ1) is 12.2. The van der Waals surface area contributed by atoms with Gasteiger partial charge in [0.2, 0.25) is 5.91 Å². The molecule has 0 saturated heterocycles. The lowest BCUT2D eigenvalue weighted by Gasteiger charge is -2.19. The molecule has 0 radical (unpaired) electrons. The van der Waals surface area contributed by atoms with Crippen LogP contribution in [-0.2, 0) is 15.0 Å². The van der Waals surface area contributed by atoms with Gasteiger partial charge in [0.15, 0.2) is 0 Å². The minimum atomic E-state index is -0.922. The molecule has 1 aromatic carbocycles. The van der Waals surface area contributed by atoms with Crippen molar-refractivity contribution in [2.75, 3.05) is 5.32 Å². The van der Waals surface area contributed by atoms with Crippen molar-refractivity contribution in [3.8, 4) is 0 Å². The summed E-state index contributed by atoms with van der Waals surface area (Å²) in [6.07, 6.45) is 0. The normalized spacial score (nSPS) is 10.9. The lowest BCUT2D eigenvalue weighted by atomic mass is 9.85. The van der Waals surface area contributed by atoms with E-state index in [9.17, 15) is 9.59 Å². The number of carbonyl (C=O) groups is 2. The Morgan fingerprint density at radius 1 is 1.19 bits per heavy atom. The zero-order valence-corrected chi connectivity index (χ0v) is 9.57. The summed E-state index contributed by atoms with van der Waals surface area (Å²) in [5.41, 5.74) is 0.445. The first-order valence-electron chi connectivity index (χ1n) is 4.95. The van der Waals surface area contributed by atoms with Crippen molar-refractivity contribution in [1.82, 2.24) is 0 Å². The number of benzene rings is 1. The fourth-order valence-corrected chi connectivity index (χ4v) is 1.30. The number of anilines is 1. The zero-order chi connectivity index (χ0) is 12.3. The average molecular weight is 221 g/mol. The minimum Gasteiger partial charge on any atom is -0.481 e. The monoisotopic (exact) mass is 221 g/mol. The molecule has 4 heteroatoms. The molecule has 86 valence electrons. The number of rotatable bonds is 3. The highest BCUT2D eigenvalue weighted by Crippen LogP contribution is 2.24. The first-order chi connectivity index (χ1) is 7.34. The van der Waals surface area contributed by atoms with E-state index in [1.54, 1.807) is 38.1 Å². The molecular weight excluding hydrogens is 206 g/mol. The number of carboxylic acids is 1. The number of carboxylic acid groups (broad SMARTS) is 1. The van der Waals surface area contributed by atoms with Crippen LogP contribution in [0.2, 0.25) is 0 Å². The Morgan fingerprint density at radius 2 is 1.69 bits per heavy atom. The van der Waals surface area contributed by atoms with E-state index in [1.165, 1.54) is 6.92 Å². The Hall–Kier alpha value is -1.84. The van der Waals surface area contributed by atoms with Gasteiger partial charge < -0.3 is 10.4 Å². The molecule has 0 atom stereocenters. The molecule has 0 unspecified atom stereocenters. The molecule has 0 bridgehead atoms. The topological polar surface area (TPSA) is 66.4 Å². The molecule has 0 aliphatic rings. The van der Waals surface area contributed by atoms with E-state index in [0.29, 0.717) is 11.3 Å². The zero-order valence-electron chi connectivity index (χ0n) is 9.57. The molecule has 1 aromatic rings. The van der Waals surface area contributed by atoms with E-state index in [0.717, 1.165) is 0 Å². The van der Waals surface area contributed by atoms with E-state index < -0.39 is 11.4 Å². The van der Waals surface area contributed by atoms with Crippen molar-refractivity contribution in [2.45, 2.75) is 26.2 Å². The third kappa shape index (κ3) is 2.59. The summed E-state index contributed by atoms with van der Waals surface area (Å²) in [6.45, 7) is 4.71. The number of amides is 1. The smallest absolute Gasteiger partial charge is 0.313 e. The van der Waals surface area contributed by atoms with Crippen LogP contribution in [0, 0.1) is 0 Å². The summed E-state index contributed by atoms with van der Waals surface area (Å²) in [5, 5.41) is 11.7. The number of nitrogens with one attached hydrogen (secondary N) is 1. The van der Waals surface area contributed by atoms with Crippen molar-refractivity contribution in [3.63, 3.8) is 0 Å². The number of hydrogen-bond acceptors (Lipinski definition) is 2. The molecule has 4 nitrogen and oxygen atoms in total. The van der Waals surface area contributed by atoms with Gasteiger partial charge in [-0.05, 0) is 31.5 Å². The Balaban J connectivity index is 2.95. The predicted molar refractivity (Wildman–Crippen MR) is 61.4 cm³/mol. The second-order valence-corrected chi connectivity index (χ2v) is 4.19. The largest absolute Gasteiger partial charge is 0.481 e. The number of carbonyl (C=O) groups excluding carboxylic acids is 1. The van der Waals surface area contributed by atoms with E-state index >= 15 is 0 Å². The van der Waals surface area contributed by atoms with Crippen molar-refractivity contribution < 1.29 is 14.7 Å². The van der Waals surface area contributed by atoms with Crippen LogP contribution in [0.4, 0.5) is 5.69 Å². The molecule has 0 saturated carbocycles. The first-order valence-corrected chi connectivity index (χ1v) is 4.95. The highest BCUT2D eigenvalue weighted by molar-refractivity contribution is 5.88. The molecule has 0 spiro atoms. The van der Waals surface area contributed by atoms with Crippen LogP contribution in [-0.4, -0.2) is 17.0 Å². The number of aliphatic carboxylic acids is 1. The van der Waals surface area contributed by atoms with Gasteiger partial charge in [-0.1, -0.05) is 12.1 Å². The van der Waals surface area contributed by atoms with Crippen LogP contribution in [0.15, 0.2) is 24.3 Å². The molecule has 1 amide bonds. The molecule has 2 N–H and O–H groups in total. The Kier molecular flexibility index (Phi) is 3.32. The van der Waals surface area contributed by atoms with Gasteiger partial charge >= 0.3 is 5.97 Å². The lowest BCUT2D eigenvalue weighted by Crippen LogP contribution is -2.28. The maximum atomic E-state index is 11.0. The molecular formula is C12H15NO3. The van der Waals surface area contributed by atoms with Gasteiger partial charge in [-0.3, -0.25) is 9.59 Å². The fraction of sp³-hybridized carbons (Fsp3) is 0.333. The second-order valence-electron chi connectivity index (χ2n) is 4.19. The predicted octanol–water partition coefficient (Wildman–Crippen LogP) is 2.01. The molecule has 0 aliphatic heterocycles. The molecule has 16 heavy (non-hydrogen) atoms. The van der Waals surface area contributed by atoms with Gasteiger partial charge in [-0.15, -0.1) is 0 Å². The van der Waals surface area contributed by atoms with Crippen LogP contribution in [0.25, 0.3) is 0 Å². The van der Waals surface area contributed by atoms with Gasteiger partial charge in [0.1, 0.15) is 0 Å². The molecule has 0 heterocycles. The Labute approximate surface area is 94.3 Å². The quantitative estimate of drug-likeness (QED) is 0.820. The second kappa shape index (κ2) is 4.35. The Bertz CT molecular complexity index is 407. The average Bonchev–Trinajstić information content (AvgIpc) is 2.17. The summed E-state index contributed by atoms with van der Waals surface area (Å²) in [7, 11) is 0. The minimum absolute atomic E-state index is 0.148. The molecule has 0 aliphatic carbocycles. The lowest BCUT2D eigenvalue weighted by molar-refractivity contribution is -0.142. The summed E-state index contributed by atoms with van der Waals surface area (Å²) in [4.78, 5) is 21.8. The van der Waals surface area contributed by atoms with E-state index in [2.05, 4.69) is 5.32 Å². The summed E-state index contributed by atoms with van der Waals surface area (Å²) < 4.78 is 0. The summed E-state index contributed by atoms with van der Waals surface area (Å²) in [6, 6.07) is 6.81. The molecule has 1 rings (SSSR count). The maximum absolute atomic E-state index is 11.0. The van der Waals surface area contributed by atoms with Crippen molar-refractivity contribution in [3.05, 3.63) is 29.8 Å². The van der Waals surface area contributed by atoms with Crippen molar-refractivity contribution >= 4 is 17.6 Å². The van der Waals surface area contributed by atoms with Crippen molar-refractivity contribution in [1.29, 1.82) is 0 Å². The SMILES string of the molecule is CC(=O)Nc1ccc(C(C)(C)C(=O)O)cc1. The third-order valence-electron chi connectivity index (χ3n) is 2.46. The van der Waals surface area contributed by atoms with E-state index in [4.69, 9.17) is 5.11 Å². The van der Waals surface area contributed by atoms with Gasteiger partial charge in [-0.25, -0.2) is 0 Å². The van der Waals surface area contributed by atoms with Crippen LogP contribution < -0.4 is 5.32 Å². The highest BCUT2D eigenvalue weighted by atomic mass is 16.4. The summed E-state index contributed by atoms with van der Waals surface area (Å²) >= 11 is 0. The van der Waals surface area contributed by atoms with Crippen LogP contribution in [0.1, 0.15) is 26.3 Å². The van der Waals surface area contributed by atoms with Crippen LogP contribution in [0.3, 0.4) is 0 Å². The van der Waals surface area contributed by atoms with Gasteiger partial charge in [-0.2, -0.15) is 0 Å². The van der Waals surface area contributed by atoms with Crippen LogP contribution in [0.5, 0.6) is 0 Å². The molecule has 0 aromatic heterocycles. The van der Waals surface area contributed by atoms with Crippen molar-refractivity contribution in [2.24, 2.45) is 0 Å². The van der Waals surface area contributed by atoms with Gasteiger partial charge in [0.25, 0.3) is 0 Å². The number of hydrogen-bond donors (Lipinski definition) is 2.